The molecule has 0 aliphatic rings. The summed E-state index contributed by atoms with van der Waals surface area (Å²) in [5, 5.41) is 3.35. The van der Waals surface area contributed by atoms with Gasteiger partial charge in [-0.2, -0.15) is 0 Å². The first kappa shape index (κ1) is 14.5. The highest BCUT2D eigenvalue weighted by molar-refractivity contribution is 5.71. The first-order valence-corrected chi connectivity index (χ1v) is 7.32. The summed E-state index contributed by atoms with van der Waals surface area (Å²) in [4.78, 5) is 8.95. The highest BCUT2D eigenvalue weighted by atomic mass is 15.0. The van der Waals surface area contributed by atoms with E-state index in [4.69, 9.17) is 0 Å². The van der Waals surface area contributed by atoms with Gasteiger partial charge in [0.25, 0.3) is 0 Å². The first-order valence-electron chi connectivity index (χ1n) is 7.32. The van der Waals surface area contributed by atoms with Gasteiger partial charge in [-0.1, -0.05) is 37.1 Å². The van der Waals surface area contributed by atoms with Crippen molar-refractivity contribution < 1.29 is 0 Å². The molecule has 0 bridgehead atoms. The van der Waals surface area contributed by atoms with Crippen LogP contribution in [0.5, 0.6) is 0 Å². The Kier molecular flexibility index (Phi) is 4.72. The van der Waals surface area contributed by atoms with Crippen LogP contribution in [0.1, 0.15) is 37.0 Å². The minimum absolute atomic E-state index is 0.875. The number of nitrogens with zero attached hydrogens (tertiary/aromatic N) is 2. The van der Waals surface area contributed by atoms with Crippen molar-refractivity contribution >= 4 is 5.82 Å². The molecule has 0 saturated carbocycles. The van der Waals surface area contributed by atoms with Crippen molar-refractivity contribution in [1.29, 1.82) is 0 Å². The van der Waals surface area contributed by atoms with Crippen LogP contribution < -0.4 is 5.32 Å². The van der Waals surface area contributed by atoms with Crippen molar-refractivity contribution in [2.75, 3.05) is 11.9 Å². The van der Waals surface area contributed by atoms with E-state index >= 15 is 0 Å². The molecule has 0 saturated heterocycles. The third kappa shape index (κ3) is 2.98. The fraction of sp³-hybridized carbons (Fsp3) is 0.412. The van der Waals surface area contributed by atoms with Crippen LogP contribution >= 0.6 is 0 Å². The number of anilines is 1. The van der Waals surface area contributed by atoms with Crippen molar-refractivity contribution in [2.24, 2.45) is 0 Å². The Hall–Kier alpha value is -1.90. The maximum atomic E-state index is 4.55. The molecule has 0 spiro atoms. The molecule has 3 heteroatoms. The molecule has 20 heavy (non-hydrogen) atoms. The second-order valence-corrected chi connectivity index (χ2v) is 5.15. The van der Waals surface area contributed by atoms with E-state index in [2.05, 4.69) is 61.2 Å². The fourth-order valence-corrected chi connectivity index (χ4v) is 2.53. The van der Waals surface area contributed by atoms with Crippen molar-refractivity contribution in [3.63, 3.8) is 0 Å². The molecule has 2 rings (SSSR count). The van der Waals surface area contributed by atoms with Crippen molar-refractivity contribution in [2.45, 2.75) is 40.5 Å². The Bertz CT molecular complexity index is 591. The molecule has 106 valence electrons. The molecule has 3 nitrogen and oxygen atoms in total. The van der Waals surface area contributed by atoms with E-state index in [1.54, 1.807) is 6.33 Å². The van der Waals surface area contributed by atoms with Crippen LogP contribution in [0, 0.1) is 13.8 Å². The molecule has 0 radical (unpaired) electrons. The molecule has 0 atom stereocenters. The summed E-state index contributed by atoms with van der Waals surface area (Å²) >= 11 is 0. The lowest BCUT2D eigenvalue weighted by Gasteiger charge is -2.15. The van der Waals surface area contributed by atoms with Gasteiger partial charge in [0, 0.05) is 17.7 Å². The van der Waals surface area contributed by atoms with Gasteiger partial charge in [-0.3, -0.25) is 0 Å². The van der Waals surface area contributed by atoms with Crippen LogP contribution in [-0.2, 0) is 6.42 Å². The van der Waals surface area contributed by atoms with E-state index in [1.165, 1.54) is 22.3 Å². The Balaban J connectivity index is 2.57. The molecule has 0 fully saturated rings. The molecule has 1 N–H and O–H groups in total. The van der Waals surface area contributed by atoms with Crippen LogP contribution in [0.2, 0.25) is 0 Å². The van der Waals surface area contributed by atoms with Crippen molar-refractivity contribution in [1.82, 2.24) is 9.97 Å². The minimum Gasteiger partial charge on any atom is -0.370 e. The number of hydrogen-bond donors (Lipinski definition) is 1. The summed E-state index contributed by atoms with van der Waals surface area (Å²) in [5.41, 5.74) is 6.05. The summed E-state index contributed by atoms with van der Waals surface area (Å²) in [6.07, 6.45) is 3.74. The van der Waals surface area contributed by atoms with E-state index < -0.39 is 0 Å². The predicted octanol–water partition coefficient (Wildman–Crippen LogP) is 4.14. The van der Waals surface area contributed by atoms with E-state index in [0.717, 1.165) is 30.9 Å². The van der Waals surface area contributed by atoms with Gasteiger partial charge in [0.05, 0.1) is 5.69 Å². The standard InChI is InChI=1S/C17H23N3/c1-5-7-15-16(19-11-20-17(15)18-6-2)14-9-8-12(3)10-13(14)4/h8-11H,5-7H2,1-4H3,(H,18,19,20). The van der Waals surface area contributed by atoms with Gasteiger partial charge < -0.3 is 5.32 Å². The molecular weight excluding hydrogens is 246 g/mol. The van der Waals surface area contributed by atoms with Crippen LogP contribution in [-0.4, -0.2) is 16.5 Å². The summed E-state index contributed by atoms with van der Waals surface area (Å²) in [6, 6.07) is 6.52. The molecule has 1 aromatic heterocycles. The Labute approximate surface area is 121 Å². The highest BCUT2D eigenvalue weighted by Gasteiger charge is 2.13. The maximum absolute atomic E-state index is 4.55. The van der Waals surface area contributed by atoms with Gasteiger partial charge in [0.1, 0.15) is 12.1 Å². The van der Waals surface area contributed by atoms with Gasteiger partial charge in [0.15, 0.2) is 0 Å². The summed E-state index contributed by atoms with van der Waals surface area (Å²) in [6.45, 7) is 9.42. The van der Waals surface area contributed by atoms with Gasteiger partial charge in [0.2, 0.25) is 0 Å². The number of rotatable bonds is 5. The van der Waals surface area contributed by atoms with Gasteiger partial charge in [-0.25, -0.2) is 9.97 Å². The SMILES string of the molecule is CCCc1c(NCC)ncnc1-c1ccc(C)cc1C. The number of aromatic nitrogens is 2. The fourth-order valence-electron chi connectivity index (χ4n) is 2.53. The lowest BCUT2D eigenvalue weighted by atomic mass is 9.97. The lowest BCUT2D eigenvalue weighted by molar-refractivity contribution is 0.902. The number of hydrogen-bond acceptors (Lipinski definition) is 3. The molecule has 2 aromatic rings. The van der Waals surface area contributed by atoms with E-state index in [9.17, 15) is 0 Å². The Morgan fingerprint density at radius 1 is 1.10 bits per heavy atom. The summed E-state index contributed by atoms with van der Waals surface area (Å²) in [7, 11) is 0. The Morgan fingerprint density at radius 3 is 2.55 bits per heavy atom. The predicted molar refractivity (Wildman–Crippen MR) is 85.1 cm³/mol. The Morgan fingerprint density at radius 2 is 1.90 bits per heavy atom. The first-order chi connectivity index (χ1) is 9.67. The van der Waals surface area contributed by atoms with Crippen molar-refractivity contribution in [3.05, 3.63) is 41.2 Å². The van der Waals surface area contributed by atoms with Gasteiger partial charge >= 0.3 is 0 Å². The topological polar surface area (TPSA) is 37.8 Å². The highest BCUT2D eigenvalue weighted by Crippen LogP contribution is 2.29. The monoisotopic (exact) mass is 269 g/mol. The van der Waals surface area contributed by atoms with E-state index in [0.29, 0.717) is 0 Å². The van der Waals surface area contributed by atoms with Crippen LogP contribution in [0.25, 0.3) is 11.3 Å². The molecule has 0 amide bonds. The molecule has 0 aliphatic heterocycles. The van der Waals surface area contributed by atoms with E-state index in [1.807, 2.05) is 0 Å². The second kappa shape index (κ2) is 6.51. The molecule has 1 heterocycles. The van der Waals surface area contributed by atoms with Crippen LogP contribution in [0.3, 0.4) is 0 Å². The van der Waals surface area contributed by atoms with Gasteiger partial charge in [-0.05, 0) is 32.8 Å². The van der Waals surface area contributed by atoms with E-state index in [-0.39, 0.29) is 0 Å². The third-order valence-corrected chi connectivity index (χ3v) is 3.43. The quantitative estimate of drug-likeness (QED) is 0.886. The average molecular weight is 269 g/mol. The zero-order valence-corrected chi connectivity index (χ0v) is 12.8. The zero-order chi connectivity index (χ0) is 14.5. The minimum atomic E-state index is 0.875. The molecule has 0 unspecified atom stereocenters. The largest absolute Gasteiger partial charge is 0.370 e. The maximum Gasteiger partial charge on any atom is 0.133 e. The van der Waals surface area contributed by atoms with Crippen LogP contribution in [0.15, 0.2) is 24.5 Å². The molecular formula is C17H23N3. The molecule has 1 aromatic carbocycles. The lowest BCUT2D eigenvalue weighted by Crippen LogP contribution is -2.06. The van der Waals surface area contributed by atoms with Crippen LogP contribution in [0.4, 0.5) is 5.82 Å². The second-order valence-electron chi connectivity index (χ2n) is 5.15. The smallest absolute Gasteiger partial charge is 0.133 e. The third-order valence-electron chi connectivity index (χ3n) is 3.43. The number of benzene rings is 1. The number of nitrogens with one attached hydrogen (secondary N) is 1. The zero-order valence-electron chi connectivity index (χ0n) is 12.8. The summed E-state index contributed by atoms with van der Waals surface area (Å²) < 4.78 is 0. The number of aryl methyl sites for hydroxylation is 2. The van der Waals surface area contributed by atoms with Crippen molar-refractivity contribution in [3.8, 4) is 11.3 Å². The average Bonchev–Trinajstić information content (AvgIpc) is 2.42. The molecule has 0 aliphatic carbocycles. The summed E-state index contributed by atoms with van der Waals surface area (Å²) in [5.74, 6) is 0.972. The van der Waals surface area contributed by atoms with Gasteiger partial charge in [-0.15, -0.1) is 0 Å². The normalized spacial score (nSPS) is 10.6.